The van der Waals surface area contributed by atoms with Crippen LogP contribution in [-0.2, 0) is 4.79 Å². The number of hydrogen-bond donors (Lipinski definition) is 2. The molecule has 1 aromatic carbocycles. The Morgan fingerprint density at radius 2 is 2.16 bits per heavy atom. The number of halogens is 1. The van der Waals surface area contributed by atoms with Gasteiger partial charge in [-0.05, 0) is 43.5 Å². The molecule has 5 nitrogen and oxygen atoms in total. The summed E-state index contributed by atoms with van der Waals surface area (Å²) in [4.78, 5) is 22.8. The first-order valence-corrected chi connectivity index (χ1v) is 6.41. The first kappa shape index (κ1) is 13.7. The molecule has 0 radical (unpaired) electrons. The van der Waals surface area contributed by atoms with Crippen molar-refractivity contribution in [2.45, 2.75) is 25.8 Å². The lowest BCUT2D eigenvalue weighted by Crippen LogP contribution is -2.42. The Morgan fingerprint density at radius 3 is 2.79 bits per heavy atom. The Bertz CT molecular complexity index is 501. The van der Waals surface area contributed by atoms with E-state index < -0.39 is 11.9 Å². The summed E-state index contributed by atoms with van der Waals surface area (Å²) >= 11 is 5.88. The normalized spacial score (nSPS) is 13.8. The van der Waals surface area contributed by atoms with E-state index in [1.54, 1.807) is 18.2 Å². The minimum absolute atomic E-state index is 0.209. The second-order valence-corrected chi connectivity index (χ2v) is 4.90. The van der Waals surface area contributed by atoms with Gasteiger partial charge in [-0.2, -0.15) is 0 Å². The number of hydrogen-bond acceptors (Lipinski definition) is 3. The highest BCUT2D eigenvalue weighted by molar-refractivity contribution is 6.31. The van der Waals surface area contributed by atoms with Crippen molar-refractivity contribution >= 4 is 23.5 Å². The number of amides is 3. The van der Waals surface area contributed by atoms with Gasteiger partial charge >= 0.3 is 6.03 Å². The van der Waals surface area contributed by atoms with E-state index in [4.69, 9.17) is 16.3 Å². The number of benzene rings is 1. The van der Waals surface area contributed by atoms with Crippen LogP contribution in [-0.4, -0.2) is 24.6 Å². The molecule has 1 fully saturated rings. The van der Waals surface area contributed by atoms with E-state index in [1.807, 2.05) is 6.92 Å². The first-order valence-electron chi connectivity index (χ1n) is 6.04. The molecule has 0 unspecified atom stereocenters. The first-order chi connectivity index (χ1) is 9.04. The van der Waals surface area contributed by atoms with Gasteiger partial charge in [0.05, 0.1) is 0 Å². The number of aryl methyl sites for hydroxylation is 1. The summed E-state index contributed by atoms with van der Waals surface area (Å²) in [6.45, 7) is 1.64. The lowest BCUT2D eigenvalue weighted by Gasteiger charge is -2.08. The average Bonchev–Trinajstić information content (AvgIpc) is 3.14. The quantitative estimate of drug-likeness (QED) is 0.888. The summed E-state index contributed by atoms with van der Waals surface area (Å²) in [6.07, 6.45) is 1.95. The van der Waals surface area contributed by atoms with Crippen molar-refractivity contribution in [3.8, 4) is 5.75 Å². The van der Waals surface area contributed by atoms with E-state index in [9.17, 15) is 9.59 Å². The van der Waals surface area contributed by atoms with Crippen LogP contribution in [0.3, 0.4) is 0 Å². The van der Waals surface area contributed by atoms with Crippen LogP contribution < -0.4 is 15.4 Å². The van der Waals surface area contributed by atoms with Gasteiger partial charge in [0, 0.05) is 11.1 Å². The maximum Gasteiger partial charge on any atom is 0.321 e. The minimum Gasteiger partial charge on any atom is -0.484 e. The van der Waals surface area contributed by atoms with E-state index in [1.165, 1.54) is 0 Å². The summed E-state index contributed by atoms with van der Waals surface area (Å²) in [7, 11) is 0. The largest absolute Gasteiger partial charge is 0.484 e. The molecule has 3 amide bonds. The van der Waals surface area contributed by atoms with Crippen LogP contribution in [0.1, 0.15) is 18.4 Å². The summed E-state index contributed by atoms with van der Waals surface area (Å²) in [5.74, 6) is 0.0606. The van der Waals surface area contributed by atoms with Gasteiger partial charge in [0.1, 0.15) is 5.75 Å². The molecule has 0 spiro atoms. The van der Waals surface area contributed by atoms with Gasteiger partial charge in [0.2, 0.25) is 0 Å². The van der Waals surface area contributed by atoms with Crippen LogP contribution in [0.25, 0.3) is 0 Å². The molecule has 0 aliphatic heterocycles. The van der Waals surface area contributed by atoms with E-state index in [-0.39, 0.29) is 12.6 Å². The van der Waals surface area contributed by atoms with Crippen molar-refractivity contribution in [2.75, 3.05) is 6.61 Å². The highest BCUT2D eigenvalue weighted by atomic mass is 35.5. The van der Waals surface area contributed by atoms with Gasteiger partial charge in [0.25, 0.3) is 5.91 Å². The van der Waals surface area contributed by atoms with Crippen LogP contribution in [0, 0.1) is 6.92 Å². The maximum absolute atomic E-state index is 11.5. The number of urea groups is 1. The fourth-order valence-corrected chi connectivity index (χ4v) is 1.59. The molecule has 1 aliphatic carbocycles. The van der Waals surface area contributed by atoms with Gasteiger partial charge in [-0.3, -0.25) is 10.1 Å². The van der Waals surface area contributed by atoms with Gasteiger partial charge in [0.15, 0.2) is 6.61 Å². The number of carbonyl (C=O) groups excluding carboxylic acids is 2. The molecule has 0 bridgehead atoms. The second-order valence-electron chi connectivity index (χ2n) is 4.50. The molecule has 0 aromatic heterocycles. The van der Waals surface area contributed by atoms with E-state index in [0.717, 1.165) is 18.4 Å². The molecule has 1 saturated carbocycles. The molecule has 2 N–H and O–H groups in total. The van der Waals surface area contributed by atoms with E-state index in [0.29, 0.717) is 10.8 Å². The fourth-order valence-electron chi connectivity index (χ4n) is 1.47. The molecule has 2 rings (SSSR count). The van der Waals surface area contributed by atoms with Crippen molar-refractivity contribution < 1.29 is 14.3 Å². The van der Waals surface area contributed by atoms with Gasteiger partial charge in [-0.15, -0.1) is 0 Å². The van der Waals surface area contributed by atoms with Crippen LogP contribution >= 0.6 is 11.6 Å². The Labute approximate surface area is 116 Å². The lowest BCUT2D eigenvalue weighted by molar-refractivity contribution is -0.122. The number of ether oxygens (including phenoxy) is 1. The Morgan fingerprint density at radius 1 is 1.42 bits per heavy atom. The summed E-state index contributed by atoms with van der Waals surface area (Å²) in [6, 6.07) is 4.85. The molecule has 0 saturated heterocycles. The molecular weight excluding hydrogens is 268 g/mol. The molecule has 1 aliphatic rings. The molecule has 102 valence electrons. The maximum atomic E-state index is 11.5. The van der Waals surface area contributed by atoms with Gasteiger partial charge in [-0.25, -0.2) is 4.79 Å². The summed E-state index contributed by atoms with van der Waals surface area (Å²) in [5.41, 5.74) is 0.867. The van der Waals surface area contributed by atoms with Crippen LogP contribution in [0.2, 0.25) is 5.02 Å². The molecule has 19 heavy (non-hydrogen) atoms. The van der Waals surface area contributed by atoms with Crippen molar-refractivity contribution in [1.29, 1.82) is 0 Å². The average molecular weight is 283 g/mol. The van der Waals surface area contributed by atoms with Crippen LogP contribution in [0.5, 0.6) is 5.75 Å². The second kappa shape index (κ2) is 5.93. The number of carbonyl (C=O) groups is 2. The highest BCUT2D eigenvalue weighted by Crippen LogP contribution is 2.21. The van der Waals surface area contributed by atoms with Crippen LogP contribution in [0.15, 0.2) is 18.2 Å². The predicted octanol–water partition coefficient (Wildman–Crippen LogP) is 2.02. The Hall–Kier alpha value is -1.75. The highest BCUT2D eigenvalue weighted by Gasteiger charge is 2.23. The van der Waals surface area contributed by atoms with Gasteiger partial charge < -0.3 is 10.1 Å². The topological polar surface area (TPSA) is 67.4 Å². The van der Waals surface area contributed by atoms with E-state index >= 15 is 0 Å². The standard InChI is InChI=1S/C13H15ClN2O3/c1-8-6-10(4-5-11(8)14)19-7-12(17)16-13(18)15-9-2-3-9/h4-6,9H,2-3,7H2,1H3,(H2,15,16,17,18). The minimum atomic E-state index is -0.481. The fraction of sp³-hybridized carbons (Fsp3) is 0.385. The third kappa shape index (κ3) is 4.44. The van der Waals surface area contributed by atoms with Crippen molar-refractivity contribution in [2.24, 2.45) is 0 Å². The third-order valence-corrected chi connectivity index (χ3v) is 3.09. The monoisotopic (exact) mass is 282 g/mol. The van der Waals surface area contributed by atoms with Crippen molar-refractivity contribution in [3.05, 3.63) is 28.8 Å². The Balaban J connectivity index is 1.75. The SMILES string of the molecule is Cc1cc(OCC(=O)NC(=O)NC2CC2)ccc1Cl. The van der Waals surface area contributed by atoms with Crippen molar-refractivity contribution in [3.63, 3.8) is 0 Å². The summed E-state index contributed by atoms with van der Waals surface area (Å²) < 4.78 is 5.27. The number of rotatable bonds is 4. The molecular formula is C13H15ClN2O3. The number of imide groups is 1. The molecule has 6 heteroatoms. The van der Waals surface area contributed by atoms with E-state index in [2.05, 4.69) is 10.6 Å². The van der Waals surface area contributed by atoms with Gasteiger partial charge in [-0.1, -0.05) is 11.6 Å². The zero-order valence-corrected chi connectivity index (χ0v) is 11.3. The molecule has 0 heterocycles. The van der Waals surface area contributed by atoms with Crippen molar-refractivity contribution in [1.82, 2.24) is 10.6 Å². The number of nitrogens with one attached hydrogen (secondary N) is 2. The Kier molecular flexibility index (Phi) is 4.27. The third-order valence-electron chi connectivity index (χ3n) is 2.66. The molecule has 0 atom stereocenters. The zero-order valence-electron chi connectivity index (χ0n) is 10.5. The molecule has 1 aromatic rings. The lowest BCUT2D eigenvalue weighted by atomic mass is 10.2. The van der Waals surface area contributed by atoms with Crippen LogP contribution in [0.4, 0.5) is 4.79 Å². The smallest absolute Gasteiger partial charge is 0.321 e. The zero-order chi connectivity index (χ0) is 13.8. The predicted molar refractivity (Wildman–Crippen MR) is 71.4 cm³/mol. The summed E-state index contributed by atoms with van der Waals surface area (Å²) in [5, 5.41) is 5.50.